The summed E-state index contributed by atoms with van der Waals surface area (Å²) in [5.41, 5.74) is 2.14. The number of nitrogens with one attached hydrogen (secondary N) is 3. The van der Waals surface area contributed by atoms with Crippen LogP contribution in [0, 0.1) is 16.0 Å². The predicted molar refractivity (Wildman–Crippen MR) is 152 cm³/mol. The molecule has 2 aromatic heterocycles. The molecule has 1 saturated carbocycles. The van der Waals surface area contributed by atoms with Gasteiger partial charge in [-0.1, -0.05) is 36.4 Å². The Morgan fingerprint density at radius 2 is 1.69 bits per heavy atom. The van der Waals surface area contributed by atoms with Crippen LogP contribution in [0.15, 0.2) is 67.0 Å². The van der Waals surface area contributed by atoms with Crippen LogP contribution < -0.4 is 20.7 Å². The Morgan fingerprint density at radius 1 is 0.929 bits per heavy atom. The zero-order chi connectivity index (χ0) is 29.5. The number of anilines is 2. The molecule has 220 valence electrons. The maximum absolute atomic E-state index is 12.7. The summed E-state index contributed by atoms with van der Waals surface area (Å²) in [6.07, 6.45) is 1.93. The number of rotatable bonds is 11. The first-order valence-electron chi connectivity index (χ1n) is 13.6. The van der Waals surface area contributed by atoms with Crippen molar-refractivity contribution < 1.29 is 22.8 Å². The smallest absolute Gasteiger partial charge is 0.405 e. The van der Waals surface area contributed by atoms with E-state index >= 15 is 0 Å². The second-order valence-corrected chi connectivity index (χ2v) is 10.2. The van der Waals surface area contributed by atoms with Gasteiger partial charge < -0.3 is 20.7 Å². The topological polar surface area (TPSA) is 127 Å². The predicted octanol–water partition coefficient (Wildman–Crippen LogP) is 6.20. The van der Waals surface area contributed by atoms with Crippen molar-refractivity contribution in [2.45, 2.75) is 51.2 Å². The number of aromatic nitrogens is 3. The van der Waals surface area contributed by atoms with Crippen molar-refractivity contribution in [2.75, 3.05) is 17.2 Å². The molecule has 0 saturated heterocycles. The van der Waals surface area contributed by atoms with Crippen LogP contribution in [-0.4, -0.2) is 38.8 Å². The highest BCUT2D eigenvalue weighted by Gasteiger charge is 2.32. The molecule has 5 rings (SSSR count). The Morgan fingerprint density at radius 3 is 2.48 bits per heavy atom. The number of nitro groups is 1. The minimum Gasteiger partial charge on any atom is -0.405 e. The molecule has 2 heterocycles. The van der Waals surface area contributed by atoms with Crippen LogP contribution in [0.5, 0.6) is 5.75 Å². The number of benzene rings is 2. The Labute approximate surface area is 239 Å². The quantitative estimate of drug-likeness (QED) is 0.140. The van der Waals surface area contributed by atoms with Crippen molar-refractivity contribution in [1.29, 1.82) is 0 Å². The SMILES string of the molecule is O=[N+]([O-])c1cnc(NCc2ccccc2OC(F)(F)F)nc1NC[C@H]1CC[C@H](NCc2ccnc3ccccc23)CC1. The molecule has 10 nitrogen and oxygen atoms in total. The first-order chi connectivity index (χ1) is 20.2. The molecule has 0 unspecified atom stereocenters. The number of alkyl halides is 3. The van der Waals surface area contributed by atoms with E-state index in [1.807, 2.05) is 30.5 Å². The molecule has 42 heavy (non-hydrogen) atoms. The Balaban J connectivity index is 1.14. The first-order valence-corrected chi connectivity index (χ1v) is 13.6. The van der Waals surface area contributed by atoms with Gasteiger partial charge in [0, 0.05) is 42.8 Å². The zero-order valence-electron chi connectivity index (χ0n) is 22.6. The molecular weight excluding hydrogens is 551 g/mol. The van der Waals surface area contributed by atoms with Crippen LogP contribution >= 0.6 is 0 Å². The van der Waals surface area contributed by atoms with Gasteiger partial charge in [-0.15, -0.1) is 13.2 Å². The molecule has 2 aromatic carbocycles. The highest BCUT2D eigenvalue weighted by molar-refractivity contribution is 5.81. The van der Waals surface area contributed by atoms with Crippen molar-refractivity contribution in [3.63, 3.8) is 0 Å². The summed E-state index contributed by atoms with van der Waals surface area (Å²) in [7, 11) is 0. The van der Waals surface area contributed by atoms with E-state index in [1.54, 1.807) is 6.07 Å². The van der Waals surface area contributed by atoms with Gasteiger partial charge in [0.05, 0.1) is 10.4 Å². The van der Waals surface area contributed by atoms with Crippen LogP contribution in [0.1, 0.15) is 36.8 Å². The maximum atomic E-state index is 12.7. The monoisotopic (exact) mass is 581 g/mol. The van der Waals surface area contributed by atoms with Crippen molar-refractivity contribution >= 4 is 28.4 Å². The van der Waals surface area contributed by atoms with Gasteiger partial charge in [-0.05, 0) is 55.4 Å². The van der Waals surface area contributed by atoms with Crippen molar-refractivity contribution in [3.8, 4) is 5.75 Å². The van der Waals surface area contributed by atoms with Gasteiger partial charge in [0.15, 0.2) is 0 Å². The lowest BCUT2D eigenvalue weighted by molar-refractivity contribution is -0.384. The van der Waals surface area contributed by atoms with Gasteiger partial charge >= 0.3 is 12.0 Å². The minimum atomic E-state index is -4.83. The molecule has 0 aliphatic heterocycles. The second kappa shape index (κ2) is 13.0. The summed E-state index contributed by atoms with van der Waals surface area (Å²) in [6.45, 7) is 1.18. The fourth-order valence-corrected chi connectivity index (χ4v) is 5.15. The number of para-hydroxylation sites is 2. The van der Waals surface area contributed by atoms with Gasteiger partial charge in [0.25, 0.3) is 0 Å². The molecular formula is C29H30F3N7O3. The maximum Gasteiger partial charge on any atom is 0.573 e. The van der Waals surface area contributed by atoms with E-state index < -0.39 is 11.3 Å². The number of fused-ring (bicyclic) bond motifs is 1. The van der Waals surface area contributed by atoms with E-state index in [2.05, 4.69) is 41.7 Å². The van der Waals surface area contributed by atoms with Gasteiger partial charge in [-0.2, -0.15) is 4.98 Å². The third kappa shape index (κ3) is 7.60. The molecule has 0 atom stereocenters. The van der Waals surface area contributed by atoms with Crippen molar-refractivity contribution in [2.24, 2.45) is 5.92 Å². The number of hydrogen-bond donors (Lipinski definition) is 3. The molecule has 1 aliphatic carbocycles. The third-order valence-corrected chi connectivity index (χ3v) is 7.33. The van der Waals surface area contributed by atoms with E-state index in [9.17, 15) is 23.3 Å². The standard InChI is InChI=1S/C29H30F3N7O3/c30-29(31,32)42-26-8-4-1-5-21(26)17-36-28-37-18-25(39(40)41)27(38-28)35-15-19-9-11-22(12-10-19)34-16-20-13-14-33-24-7-3-2-6-23(20)24/h1-8,13-14,18-19,22,34H,9-12,15-17H2,(H2,35,36,37,38)/t19-,22-. The molecule has 1 fully saturated rings. The number of pyridine rings is 1. The molecule has 0 amide bonds. The highest BCUT2D eigenvalue weighted by atomic mass is 19.4. The third-order valence-electron chi connectivity index (χ3n) is 7.33. The summed E-state index contributed by atoms with van der Waals surface area (Å²) < 4.78 is 42.3. The number of halogens is 3. The van der Waals surface area contributed by atoms with Crippen LogP contribution in [0.2, 0.25) is 0 Å². The lowest BCUT2D eigenvalue weighted by Crippen LogP contribution is -2.34. The Kier molecular flexibility index (Phi) is 8.96. The molecule has 0 spiro atoms. The number of ether oxygens (including phenoxy) is 1. The Bertz CT molecular complexity index is 1520. The average Bonchev–Trinajstić information content (AvgIpc) is 2.98. The van der Waals surface area contributed by atoms with Gasteiger partial charge in [-0.3, -0.25) is 15.1 Å². The fraction of sp³-hybridized carbons (Fsp3) is 0.345. The lowest BCUT2D eigenvalue weighted by Gasteiger charge is -2.29. The summed E-state index contributed by atoms with van der Waals surface area (Å²) in [4.78, 5) is 23.7. The molecule has 3 N–H and O–H groups in total. The van der Waals surface area contributed by atoms with Gasteiger partial charge in [0.1, 0.15) is 11.9 Å². The molecule has 4 aromatic rings. The van der Waals surface area contributed by atoms with E-state index in [1.165, 1.54) is 23.8 Å². The lowest BCUT2D eigenvalue weighted by atomic mass is 9.86. The van der Waals surface area contributed by atoms with E-state index in [0.717, 1.165) is 49.3 Å². The molecule has 0 radical (unpaired) electrons. The second-order valence-electron chi connectivity index (χ2n) is 10.2. The fourth-order valence-electron chi connectivity index (χ4n) is 5.15. The summed E-state index contributed by atoms with van der Waals surface area (Å²) in [5, 5.41) is 22.3. The normalized spacial score (nSPS) is 17.1. The van der Waals surface area contributed by atoms with Crippen LogP contribution in [0.3, 0.4) is 0 Å². The summed E-state index contributed by atoms with van der Waals surface area (Å²) in [5.74, 6) is 0.0581. The summed E-state index contributed by atoms with van der Waals surface area (Å²) >= 11 is 0. The van der Waals surface area contributed by atoms with E-state index in [-0.39, 0.29) is 35.3 Å². The van der Waals surface area contributed by atoms with Gasteiger partial charge in [0.2, 0.25) is 11.8 Å². The zero-order valence-corrected chi connectivity index (χ0v) is 22.6. The number of hydrogen-bond acceptors (Lipinski definition) is 9. The number of nitrogens with zero attached hydrogens (tertiary/aromatic N) is 4. The molecule has 0 bridgehead atoms. The minimum absolute atomic E-state index is 0.0430. The van der Waals surface area contributed by atoms with Crippen molar-refractivity contribution in [3.05, 3.63) is 88.2 Å². The molecule has 13 heteroatoms. The molecule has 1 aliphatic rings. The van der Waals surface area contributed by atoms with E-state index in [4.69, 9.17) is 0 Å². The highest BCUT2D eigenvalue weighted by Crippen LogP contribution is 2.29. The van der Waals surface area contributed by atoms with Crippen molar-refractivity contribution in [1.82, 2.24) is 20.3 Å². The van der Waals surface area contributed by atoms with Crippen LogP contribution in [0.4, 0.5) is 30.6 Å². The Hall–Kier alpha value is -4.52. The summed E-state index contributed by atoms with van der Waals surface area (Å²) in [6, 6.07) is 16.2. The average molecular weight is 582 g/mol. The largest absolute Gasteiger partial charge is 0.573 e. The van der Waals surface area contributed by atoms with E-state index in [0.29, 0.717) is 18.5 Å². The van der Waals surface area contributed by atoms with Crippen LogP contribution in [0.25, 0.3) is 10.9 Å². The first kappa shape index (κ1) is 29.0. The van der Waals surface area contributed by atoms with Gasteiger partial charge in [-0.25, -0.2) is 4.98 Å². The van der Waals surface area contributed by atoms with Crippen LogP contribution in [-0.2, 0) is 13.1 Å².